The average Bonchev–Trinajstić information content (AvgIpc) is 3.22. The van der Waals surface area contributed by atoms with Gasteiger partial charge in [-0.15, -0.1) is 17.9 Å². The van der Waals surface area contributed by atoms with Gasteiger partial charge >= 0.3 is 5.97 Å². The van der Waals surface area contributed by atoms with E-state index in [4.69, 9.17) is 4.74 Å². The minimum absolute atomic E-state index is 0.0527. The second kappa shape index (κ2) is 7.06. The highest BCUT2D eigenvalue weighted by molar-refractivity contribution is 7.15. The van der Waals surface area contributed by atoms with Crippen LogP contribution >= 0.6 is 11.3 Å². The summed E-state index contributed by atoms with van der Waals surface area (Å²) in [4.78, 5) is 29.5. The van der Waals surface area contributed by atoms with Gasteiger partial charge in [-0.25, -0.2) is 4.98 Å². The number of fused-ring (bicyclic) bond motifs is 1. The summed E-state index contributed by atoms with van der Waals surface area (Å²) in [5.74, 6) is -0.665. The molecule has 0 saturated heterocycles. The van der Waals surface area contributed by atoms with Gasteiger partial charge in [0.25, 0.3) is 0 Å². The lowest BCUT2D eigenvalue weighted by atomic mass is 10.1. The third-order valence-electron chi connectivity index (χ3n) is 4.02. The second-order valence-corrected chi connectivity index (χ2v) is 6.64. The van der Waals surface area contributed by atoms with Crippen molar-refractivity contribution in [3.05, 3.63) is 59.1 Å². The number of ketones is 1. The first kappa shape index (κ1) is 17.2. The first-order valence-corrected chi connectivity index (χ1v) is 8.75. The average molecular weight is 357 g/mol. The lowest BCUT2D eigenvalue weighted by Crippen LogP contribution is -2.16. The van der Waals surface area contributed by atoms with Crippen LogP contribution in [0.25, 0.3) is 4.96 Å². The maximum absolute atomic E-state index is 12.4. The van der Waals surface area contributed by atoms with E-state index in [2.05, 4.69) is 11.6 Å². The minimum atomic E-state index is -0.459. The number of hydrogen-bond acceptors (Lipinski definition) is 5. The van der Waals surface area contributed by atoms with Crippen molar-refractivity contribution >= 4 is 28.1 Å². The molecular weight excluding hydrogens is 338 g/mol. The van der Waals surface area contributed by atoms with E-state index in [1.54, 1.807) is 12.3 Å². The van der Waals surface area contributed by atoms with Crippen LogP contribution in [0.3, 0.4) is 0 Å². The number of rotatable bonds is 7. The number of thiazole rings is 1. The van der Waals surface area contributed by atoms with Gasteiger partial charge in [-0.05, 0) is 19.9 Å². The Bertz CT molecular complexity index is 920. The Labute approximate surface area is 149 Å². The quantitative estimate of drug-likeness (QED) is 0.370. The van der Waals surface area contributed by atoms with Gasteiger partial charge in [0.05, 0.1) is 12.1 Å². The predicted octanol–water partition coefficient (Wildman–Crippen LogP) is 2.97. The van der Waals surface area contributed by atoms with Crippen molar-refractivity contribution in [1.29, 1.82) is 0 Å². The molecule has 25 heavy (non-hydrogen) atoms. The summed E-state index contributed by atoms with van der Waals surface area (Å²) in [5.41, 5.74) is 3.04. The second-order valence-electron chi connectivity index (χ2n) is 5.77. The van der Waals surface area contributed by atoms with E-state index < -0.39 is 5.97 Å². The van der Waals surface area contributed by atoms with E-state index in [9.17, 15) is 9.59 Å². The highest BCUT2D eigenvalue weighted by Gasteiger charge is 2.17. The molecular formula is C18H19N3O3S. The smallest absolute Gasteiger partial charge is 0.312 e. The number of nitrogens with zero attached hydrogens (tertiary/aromatic N) is 3. The fourth-order valence-corrected chi connectivity index (χ4v) is 3.50. The number of esters is 1. The molecule has 0 fully saturated rings. The molecule has 3 aromatic rings. The fraction of sp³-hybridized carbons (Fsp3) is 0.278. The monoisotopic (exact) mass is 357 g/mol. The van der Waals surface area contributed by atoms with Gasteiger partial charge in [-0.1, -0.05) is 6.08 Å². The number of allylic oxidation sites excluding steroid dienone is 1. The highest BCUT2D eigenvalue weighted by Crippen LogP contribution is 2.16. The van der Waals surface area contributed by atoms with Crippen LogP contribution in [-0.2, 0) is 22.5 Å². The van der Waals surface area contributed by atoms with Crippen molar-refractivity contribution < 1.29 is 14.3 Å². The largest absolute Gasteiger partial charge is 0.457 e. The van der Waals surface area contributed by atoms with Gasteiger partial charge in [0.2, 0.25) is 5.78 Å². The van der Waals surface area contributed by atoms with Crippen LogP contribution in [0.5, 0.6) is 0 Å². The van der Waals surface area contributed by atoms with E-state index in [-0.39, 0.29) is 18.8 Å². The maximum atomic E-state index is 12.4. The predicted molar refractivity (Wildman–Crippen MR) is 96.2 cm³/mol. The fourth-order valence-electron chi connectivity index (χ4n) is 2.78. The van der Waals surface area contributed by atoms with Crippen molar-refractivity contribution in [2.45, 2.75) is 26.8 Å². The molecule has 130 valence electrons. The molecule has 0 amide bonds. The number of carbonyl (C=O) groups is 2. The summed E-state index contributed by atoms with van der Waals surface area (Å²) < 4.78 is 8.99. The number of aryl methyl sites for hydroxylation is 1. The summed E-state index contributed by atoms with van der Waals surface area (Å²) >= 11 is 1.50. The van der Waals surface area contributed by atoms with Crippen molar-refractivity contribution in [3.8, 4) is 0 Å². The Hall–Kier alpha value is -2.67. The minimum Gasteiger partial charge on any atom is -0.457 e. The van der Waals surface area contributed by atoms with Crippen molar-refractivity contribution in [2.24, 2.45) is 0 Å². The number of hydrogen-bond donors (Lipinski definition) is 0. The Kier molecular flexibility index (Phi) is 4.85. The standard InChI is InChI=1S/C18H19N3O3S/c1-4-5-21-12(2)8-15(13(21)3)16(22)11-24-17(23)9-14-10-20-6-7-25-18(20)19-14/h4,6-8,10H,1,5,9,11H2,2-3H3. The summed E-state index contributed by atoms with van der Waals surface area (Å²) in [6, 6.07) is 1.82. The van der Waals surface area contributed by atoms with Crippen LogP contribution in [0.1, 0.15) is 27.4 Å². The Balaban J connectivity index is 1.60. The van der Waals surface area contributed by atoms with Crippen molar-refractivity contribution in [1.82, 2.24) is 14.0 Å². The molecule has 0 aliphatic rings. The van der Waals surface area contributed by atoms with Crippen LogP contribution in [0.2, 0.25) is 0 Å². The van der Waals surface area contributed by atoms with Crippen molar-refractivity contribution in [2.75, 3.05) is 6.61 Å². The van der Waals surface area contributed by atoms with Gasteiger partial charge in [-0.3, -0.25) is 14.0 Å². The SMILES string of the molecule is C=CCn1c(C)cc(C(=O)COC(=O)Cc2cn3ccsc3n2)c1C. The molecule has 0 N–H and O–H groups in total. The first-order chi connectivity index (χ1) is 12.0. The Morgan fingerprint density at radius 2 is 2.20 bits per heavy atom. The molecule has 0 saturated carbocycles. The zero-order valence-electron chi connectivity index (χ0n) is 14.2. The molecule has 0 aliphatic heterocycles. The lowest BCUT2D eigenvalue weighted by molar-refractivity contribution is -0.141. The zero-order valence-corrected chi connectivity index (χ0v) is 15.0. The van der Waals surface area contributed by atoms with Gasteiger partial charge in [0.1, 0.15) is 0 Å². The molecule has 0 bridgehead atoms. The third kappa shape index (κ3) is 3.56. The topological polar surface area (TPSA) is 65.6 Å². The molecule has 7 heteroatoms. The van der Waals surface area contributed by atoms with E-state index in [1.807, 2.05) is 40.5 Å². The summed E-state index contributed by atoms with van der Waals surface area (Å²) in [6.07, 6.45) is 5.50. The van der Waals surface area contributed by atoms with Crippen LogP contribution in [0, 0.1) is 13.8 Å². The lowest BCUT2D eigenvalue weighted by Gasteiger charge is -2.06. The molecule has 0 radical (unpaired) electrons. The first-order valence-electron chi connectivity index (χ1n) is 7.87. The molecule has 0 unspecified atom stereocenters. The summed E-state index contributed by atoms with van der Waals surface area (Å²) in [7, 11) is 0. The highest BCUT2D eigenvalue weighted by atomic mass is 32.1. The number of imidazole rings is 1. The molecule has 0 atom stereocenters. The van der Waals surface area contributed by atoms with E-state index in [0.29, 0.717) is 17.8 Å². The Morgan fingerprint density at radius 3 is 2.92 bits per heavy atom. The van der Waals surface area contributed by atoms with E-state index in [0.717, 1.165) is 16.3 Å². The van der Waals surface area contributed by atoms with Crippen LogP contribution < -0.4 is 0 Å². The van der Waals surface area contributed by atoms with Crippen LogP contribution in [0.15, 0.2) is 36.5 Å². The Morgan fingerprint density at radius 1 is 1.40 bits per heavy atom. The summed E-state index contributed by atoms with van der Waals surface area (Å²) in [6.45, 7) is 7.91. The van der Waals surface area contributed by atoms with Crippen LogP contribution in [-0.4, -0.2) is 32.3 Å². The molecule has 3 heterocycles. The van der Waals surface area contributed by atoms with Gasteiger partial charge in [0.15, 0.2) is 11.6 Å². The van der Waals surface area contributed by atoms with Gasteiger partial charge in [0, 0.05) is 41.3 Å². The number of aromatic nitrogens is 3. The number of carbonyl (C=O) groups excluding carboxylic acids is 2. The van der Waals surface area contributed by atoms with Gasteiger partial charge < -0.3 is 9.30 Å². The molecule has 0 aromatic carbocycles. The van der Waals surface area contributed by atoms with E-state index in [1.165, 1.54) is 11.3 Å². The van der Waals surface area contributed by atoms with Gasteiger partial charge in [-0.2, -0.15) is 0 Å². The number of Topliss-reactive ketones (excluding diaryl/α,β-unsaturated/α-hetero) is 1. The molecule has 0 spiro atoms. The molecule has 6 nitrogen and oxygen atoms in total. The molecule has 3 rings (SSSR count). The molecule has 0 aliphatic carbocycles. The maximum Gasteiger partial charge on any atom is 0.312 e. The molecule has 3 aromatic heterocycles. The zero-order chi connectivity index (χ0) is 18.0. The third-order valence-corrected chi connectivity index (χ3v) is 4.79. The van der Waals surface area contributed by atoms with Crippen molar-refractivity contribution in [3.63, 3.8) is 0 Å². The van der Waals surface area contributed by atoms with Crippen LogP contribution in [0.4, 0.5) is 0 Å². The summed E-state index contributed by atoms with van der Waals surface area (Å²) in [5, 5.41) is 1.92. The number of ether oxygens (including phenoxy) is 1. The normalized spacial score (nSPS) is 11.0. The van der Waals surface area contributed by atoms with E-state index >= 15 is 0 Å².